The van der Waals surface area contributed by atoms with Crippen LogP contribution in [0.5, 0.6) is 0 Å². The highest BCUT2D eigenvalue weighted by Crippen LogP contribution is 2.37. The first-order valence-electron chi connectivity index (χ1n) is 4.11. The Morgan fingerprint density at radius 2 is 2.07 bits per heavy atom. The molecule has 0 saturated heterocycles. The van der Waals surface area contributed by atoms with E-state index in [2.05, 4.69) is 9.73 Å². The van der Waals surface area contributed by atoms with Crippen molar-refractivity contribution < 1.29 is 9.53 Å². The average molecular weight is 210 g/mol. The summed E-state index contributed by atoms with van der Waals surface area (Å²) in [6.45, 7) is 0. The molecule has 1 aliphatic rings. The van der Waals surface area contributed by atoms with Crippen LogP contribution in [0.2, 0.25) is 0 Å². The molecule has 1 unspecified atom stereocenters. The standard InChI is InChI=1S/C10H8ClNO2/c1-14-9(13)10(11)8(12-10)7-5-3-2-4-6-7/h2-6H,1H3. The summed E-state index contributed by atoms with van der Waals surface area (Å²) in [4.78, 5) is 13.9. The normalized spacial score (nSPS) is 24.0. The first kappa shape index (κ1) is 9.21. The largest absolute Gasteiger partial charge is 0.466 e. The van der Waals surface area contributed by atoms with Gasteiger partial charge in [-0.25, -0.2) is 9.79 Å². The summed E-state index contributed by atoms with van der Waals surface area (Å²) in [5.41, 5.74) is 1.43. The summed E-state index contributed by atoms with van der Waals surface area (Å²) in [6.07, 6.45) is 0. The summed E-state index contributed by atoms with van der Waals surface area (Å²) in [5, 5.41) is 0. The molecule has 0 spiro atoms. The highest BCUT2D eigenvalue weighted by atomic mass is 35.5. The van der Waals surface area contributed by atoms with Crippen molar-refractivity contribution in [3.8, 4) is 0 Å². The fourth-order valence-electron chi connectivity index (χ4n) is 1.26. The van der Waals surface area contributed by atoms with E-state index in [1.165, 1.54) is 7.11 Å². The maximum Gasteiger partial charge on any atom is 0.355 e. The molecule has 4 heteroatoms. The van der Waals surface area contributed by atoms with Crippen LogP contribution in [0.3, 0.4) is 0 Å². The Hall–Kier alpha value is -1.35. The molecule has 1 atom stereocenters. The molecule has 0 aliphatic carbocycles. The van der Waals surface area contributed by atoms with Gasteiger partial charge in [-0.05, 0) is 0 Å². The third kappa shape index (κ3) is 1.30. The van der Waals surface area contributed by atoms with E-state index in [9.17, 15) is 4.79 Å². The van der Waals surface area contributed by atoms with Gasteiger partial charge in [0.25, 0.3) is 5.00 Å². The van der Waals surface area contributed by atoms with Gasteiger partial charge in [0.15, 0.2) is 0 Å². The van der Waals surface area contributed by atoms with Gasteiger partial charge < -0.3 is 4.74 Å². The van der Waals surface area contributed by atoms with Gasteiger partial charge in [-0.1, -0.05) is 41.9 Å². The number of hydrogen-bond acceptors (Lipinski definition) is 3. The van der Waals surface area contributed by atoms with E-state index in [4.69, 9.17) is 11.6 Å². The third-order valence-corrected chi connectivity index (χ3v) is 2.45. The fraction of sp³-hybridized carbons (Fsp3) is 0.200. The van der Waals surface area contributed by atoms with E-state index >= 15 is 0 Å². The zero-order chi connectivity index (χ0) is 10.2. The zero-order valence-electron chi connectivity index (χ0n) is 7.53. The van der Waals surface area contributed by atoms with Crippen molar-refractivity contribution in [3.63, 3.8) is 0 Å². The minimum atomic E-state index is -1.27. The average Bonchev–Trinajstić information content (AvgIpc) is 2.92. The summed E-state index contributed by atoms with van der Waals surface area (Å²) >= 11 is 5.92. The molecule has 14 heavy (non-hydrogen) atoms. The quantitative estimate of drug-likeness (QED) is 0.422. The minimum absolute atomic E-state index is 0.530. The van der Waals surface area contributed by atoms with E-state index in [-0.39, 0.29) is 0 Å². The number of methoxy groups -OCH3 is 1. The number of nitrogens with zero attached hydrogens (tertiary/aromatic N) is 1. The van der Waals surface area contributed by atoms with Crippen molar-refractivity contribution in [2.75, 3.05) is 7.11 Å². The molecule has 1 aromatic carbocycles. The molecular formula is C10H8ClNO2. The number of aliphatic imine (C=N–C) groups is 1. The van der Waals surface area contributed by atoms with E-state index in [0.717, 1.165) is 5.56 Å². The van der Waals surface area contributed by atoms with E-state index < -0.39 is 11.0 Å². The van der Waals surface area contributed by atoms with Crippen LogP contribution in [0.25, 0.3) is 0 Å². The lowest BCUT2D eigenvalue weighted by atomic mass is 10.1. The van der Waals surface area contributed by atoms with Crippen molar-refractivity contribution in [3.05, 3.63) is 35.9 Å². The Morgan fingerprint density at radius 3 is 2.64 bits per heavy atom. The van der Waals surface area contributed by atoms with E-state index in [1.807, 2.05) is 30.3 Å². The van der Waals surface area contributed by atoms with E-state index in [0.29, 0.717) is 5.71 Å². The van der Waals surface area contributed by atoms with Gasteiger partial charge in [-0.15, -0.1) is 0 Å². The molecule has 0 aromatic heterocycles. The van der Waals surface area contributed by atoms with Crippen LogP contribution >= 0.6 is 11.6 Å². The predicted molar refractivity (Wildman–Crippen MR) is 53.6 cm³/mol. The maximum atomic E-state index is 11.2. The van der Waals surface area contributed by atoms with Crippen LogP contribution in [-0.4, -0.2) is 23.8 Å². The van der Waals surface area contributed by atoms with Crippen LogP contribution in [0.4, 0.5) is 0 Å². The number of esters is 1. The molecule has 0 fully saturated rings. The van der Waals surface area contributed by atoms with Gasteiger partial charge >= 0.3 is 5.97 Å². The lowest BCUT2D eigenvalue weighted by molar-refractivity contribution is -0.140. The van der Waals surface area contributed by atoms with Crippen LogP contribution in [0.1, 0.15) is 5.56 Å². The molecule has 0 amide bonds. The summed E-state index contributed by atoms with van der Waals surface area (Å²) in [5.74, 6) is -0.530. The molecule has 0 saturated carbocycles. The third-order valence-electron chi connectivity index (χ3n) is 2.03. The Balaban J connectivity index is 2.20. The Bertz CT molecular complexity index is 402. The van der Waals surface area contributed by atoms with Crippen molar-refractivity contribution >= 4 is 23.3 Å². The summed E-state index contributed by atoms with van der Waals surface area (Å²) in [7, 11) is 1.29. The Labute approximate surface area is 86.4 Å². The molecule has 72 valence electrons. The number of benzene rings is 1. The number of carbonyl (C=O) groups is 1. The molecule has 0 radical (unpaired) electrons. The summed E-state index contributed by atoms with van der Waals surface area (Å²) in [6, 6.07) is 9.33. The van der Waals surface area contributed by atoms with Crippen LogP contribution < -0.4 is 0 Å². The summed E-state index contributed by atoms with van der Waals surface area (Å²) < 4.78 is 4.54. The van der Waals surface area contributed by atoms with Gasteiger partial charge in [0, 0.05) is 5.56 Å². The monoisotopic (exact) mass is 209 g/mol. The van der Waals surface area contributed by atoms with E-state index in [1.54, 1.807) is 0 Å². The molecular weight excluding hydrogens is 202 g/mol. The number of rotatable bonds is 2. The minimum Gasteiger partial charge on any atom is -0.466 e. The molecule has 2 rings (SSSR count). The second kappa shape index (κ2) is 3.10. The topological polar surface area (TPSA) is 38.7 Å². The lowest BCUT2D eigenvalue weighted by Crippen LogP contribution is -2.25. The number of alkyl halides is 1. The number of halogens is 1. The highest BCUT2D eigenvalue weighted by Gasteiger charge is 2.54. The first-order valence-corrected chi connectivity index (χ1v) is 4.49. The molecule has 0 bridgehead atoms. The molecule has 1 heterocycles. The second-order valence-corrected chi connectivity index (χ2v) is 3.49. The van der Waals surface area contributed by atoms with Gasteiger partial charge in [0.2, 0.25) is 0 Å². The smallest absolute Gasteiger partial charge is 0.355 e. The van der Waals surface area contributed by atoms with Crippen molar-refractivity contribution in [1.29, 1.82) is 0 Å². The fourth-order valence-corrected chi connectivity index (χ4v) is 1.53. The van der Waals surface area contributed by atoms with Crippen LogP contribution in [0.15, 0.2) is 35.3 Å². The first-order chi connectivity index (χ1) is 6.68. The Morgan fingerprint density at radius 1 is 1.43 bits per heavy atom. The van der Waals surface area contributed by atoms with Crippen molar-refractivity contribution in [1.82, 2.24) is 0 Å². The maximum absolute atomic E-state index is 11.2. The molecule has 1 aromatic rings. The van der Waals surface area contributed by atoms with Gasteiger partial charge in [0.1, 0.15) is 0 Å². The van der Waals surface area contributed by atoms with Gasteiger partial charge in [-0.2, -0.15) is 0 Å². The predicted octanol–water partition coefficient (Wildman–Crippen LogP) is 1.60. The number of carbonyl (C=O) groups excluding carboxylic acids is 1. The lowest BCUT2D eigenvalue weighted by Gasteiger charge is -2.03. The van der Waals surface area contributed by atoms with Crippen molar-refractivity contribution in [2.45, 2.75) is 5.00 Å². The SMILES string of the molecule is COC(=O)C1(Cl)N=C1c1ccccc1. The van der Waals surface area contributed by atoms with Gasteiger partial charge in [0.05, 0.1) is 12.8 Å². The van der Waals surface area contributed by atoms with Crippen LogP contribution in [0, 0.1) is 0 Å². The zero-order valence-corrected chi connectivity index (χ0v) is 8.28. The second-order valence-electron chi connectivity index (χ2n) is 2.94. The Kier molecular flexibility index (Phi) is 2.04. The highest BCUT2D eigenvalue weighted by molar-refractivity contribution is 6.55. The molecule has 1 aliphatic heterocycles. The van der Waals surface area contributed by atoms with Crippen LogP contribution in [-0.2, 0) is 9.53 Å². The molecule has 3 nitrogen and oxygen atoms in total. The number of hydrogen-bond donors (Lipinski definition) is 0. The number of ether oxygens (including phenoxy) is 1. The van der Waals surface area contributed by atoms with Gasteiger partial charge in [-0.3, -0.25) is 0 Å². The molecule has 0 N–H and O–H groups in total. The van der Waals surface area contributed by atoms with Crippen molar-refractivity contribution in [2.24, 2.45) is 4.99 Å².